The molecular weight excluding hydrogens is 212 g/mol. The van der Waals surface area contributed by atoms with Crippen molar-refractivity contribution in [3.8, 4) is 0 Å². The van der Waals surface area contributed by atoms with Crippen LogP contribution in [0, 0.1) is 5.92 Å². The van der Waals surface area contributed by atoms with Crippen LogP contribution in [0.2, 0.25) is 0 Å². The molecule has 0 radical (unpaired) electrons. The summed E-state index contributed by atoms with van der Waals surface area (Å²) < 4.78 is 0. The molecule has 0 aliphatic heterocycles. The van der Waals surface area contributed by atoms with Gasteiger partial charge in [-0.3, -0.25) is 4.79 Å². The van der Waals surface area contributed by atoms with Crippen LogP contribution in [0.4, 0.5) is 0 Å². The number of hydrogen-bond donors (Lipinski definition) is 1. The highest BCUT2D eigenvalue weighted by molar-refractivity contribution is 5.73. The van der Waals surface area contributed by atoms with Crippen molar-refractivity contribution >= 4 is 5.97 Å². The van der Waals surface area contributed by atoms with E-state index in [-0.39, 0.29) is 5.92 Å². The zero-order valence-corrected chi connectivity index (χ0v) is 10.9. The van der Waals surface area contributed by atoms with Crippen LogP contribution in [0.25, 0.3) is 0 Å². The smallest absolute Gasteiger partial charge is 0.310 e. The van der Waals surface area contributed by atoms with E-state index in [9.17, 15) is 4.79 Å². The molecule has 2 nitrogen and oxygen atoms in total. The van der Waals surface area contributed by atoms with Crippen LogP contribution >= 0.6 is 0 Å². The van der Waals surface area contributed by atoms with Crippen molar-refractivity contribution in [2.45, 2.75) is 33.6 Å². The standard InChI is InChI=1S/C15H20O2/c1-10(11(2)13(4)15(16)17)12(3)14-8-6-5-7-9-14/h5-9,12-13H,1-4H3,(H,16,17). The second-order valence-corrected chi connectivity index (χ2v) is 4.56. The Morgan fingerprint density at radius 3 is 2.06 bits per heavy atom. The predicted molar refractivity (Wildman–Crippen MR) is 70.0 cm³/mol. The van der Waals surface area contributed by atoms with E-state index in [0.717, 1.165) is 11.1 Å². The summed E-state index contributed by atoms with van der Waals surface area (Å²) in [7, 11) is 0. The average Bonchev–Trinajstić information content (AvgIpc) is 2.36. The van der Waals surface area contributed by atoms with Crippen LogP contribution in [0.5, 0.6) is 0 Å². The first-order valence-electron chi connectivity index (χ1n) is 5.90. The summed E-state index contributed by atoms with van der Waals surface area (Å²) in [5, 5.41) is 9.02. The molecule has 2 unspecified atom stereocenters. The quantitative estimate of drug-likeness (QED) is 0.801. The van der Waals surface area contributed by atoms with Gasteiger partial charge in [0.2, 0.25) is 0 Å². The first-order chi connectivity index (χ1) is 7.95. The van der Waals surface area contributed by atoms with E-state index >= 15 is 0 Å². The van der Waals surface area contributed by atoms with Gasteiger partial charge in [0.15, 0.2) is 0 Å². The summed E-state index contributed by atoms with van der Waals surface area (Å²) in [5.74, 6) is -0.915. The first-order valence-corrected chi connectivity index (χ1v) is 5.90. The third kappa shape index (κ3) is 3.19. The molecule has 0 saturated carbocycles. The van der Waals surface area contributed by atoms with E-state index in [1.54, 1.807) is 6.92 Å². The van der Waals surface area contributed by atoms with Gasteiger partial charge in [-0.25, -0.2) is 0 Å². The van der Waals surface area contributed by atoms with Crippen LogP contribution < -0.4 is 0 Å². The fourth-order valence-corrected chi connectivity index (χ4v) is 1.86. The lowest BCUT2D eigenvalue weighted by molar-refractivity contribution is -0.139. The second-order valence-electron chi connectivity index (χ2n) is 4.56. The van der Waals surface area contributed by atoms with Gasteiger partial charge in [-0.2, -0.15) is 0 Å². The Labute approximate surface area is 103 Å². The van der Waals surface area contributed by atoms with E-state index in [2.05, 4.69) is 19.1 Å². The minimum Gasteiger partial charge on any atom is -0.481 e. The Morgan fingerprint density at radius 1 is 1.06 bits per heavy atom. The molecule has 92 valence electrons. The Hall–Kier alpha value is -1.57. The van der Waals surface area contributed by atoms with E-state index in [1.807, 2.05) is 32.0 Å². The fourth-order valence-electron chi connectivity index (χ4n) is 1.86. The Morgan fingerprint density at radius 2 is 1.59 bits per heavy atom. The molecular formula is C15H20O2. The van der Waals surface area contributed by atoms with Crippen LogP contribution in [0.15, 0.2) is 41.5 Å². The number of carboxylic acids is 1. The Balaban J connectivity index is 3.00. The number of hydrogen-bond acceptors (Lipinski definition) is 1. The van der Waals surface area contributed by atoms with Crippen molar-refractivity contribution in [1.82, 2.24) is 0 Å². The van der Waals surface area contributed by atoms with Crippen LogP contribution in [-0.4, -0.2) is 11.1 Å². The molecule has 0 aromatic heterocycles. The number of rotatable bonds is 4. The number of aliphatic carboxylic acids is 1. The van der Waals surface area contributed by atoms with Crippen LogP contribution in [0.1, 0.15) is 39.2 Å². The molecule has 0 heterocycles. The molecule has 1 aromatic carbocycles. The van der Waals surface area contributed by atoms with Gasteiger partial charge in [-0.05, 0) is 26.3 Å². The highest BCUT2D eigenvalue weighted by Gasteiger charge is 2.18. The molecule has 17 heavy (non-hydrogen) atoms. The van der Waals surface area contributed by atoms with Gasteiger partial charge in [0.1, 0.15) is 0 Å². The third-order valence-electron chi connectivity index (χ3n) is 3.59. The maximum atomic E-state index is 11.0. The largest absolute Gasteiger partial charge is 0.481 e. The van der Waals surface area contributed by atoms with Gasteiger partial charge in [-0.1, -0.05) is 48.4 Å². The lowest BCUT2D eigenvalue weighted by Gasteiger charge is -2.18. The normalized spacial score (nSPS) is 16.0. The van der Waals surface area contributed by atoms with Crippen LogP contribution in [0.3, 0.4) is 0 Å². The predicted octanol–water partition coefficient (Wildman–Crippen LogP) is 3.85. The minimum absolute atomic E-state index is 0.262. The lowest BCUT2D eigenvalue weighted by atomic mass is 9.87. The lowest BCUT2D eigenvalue weighted by Crippen LogP contribution is -2.13. The minimum atomic E-state index is -0.762. The summed E-state index contributed by atoms with van der Waals surface area (Å²) in [5.41, 5.74) is 3.32. The van der Waals surface area contributed by atoms with Gasteiger partial charge in [-0.15, -0.1) is 0 Å². The van der Waals surface area contributed by atoms with Gasteiger partial charge in [0, 0.05) is 5.92 Å². The zero-order valence-electron chi connectivity index (χ0n) is 10.9. The molecule has 0 bridgehead atoms. The van der Waals surface area contributed by atoms with E-state index in [4.69, 9.17) is 5.11 Å². The van der Waals surface area contributed by atoms with Crippen molar-refractivity contribution in [3.05, 3.63) is 47.0 Å². The summed E-state index contributed by atoms with van der Waals surface area (Å²) >= 11 is 0. The summed E-state index contributed by atoms with van der Waals surface area (Å²) in [6.45, 7) is 7.78. The van der Waals surface area contributed by atoms with Crippen molar-refractivity contribution in [2.24, 2.45) is 5.92 Å². The molecule has 2 atom stereocenters. The highest BCUT2D eigenvalue weighted by Crippen LogP contribution is 2.28. The monoisotopic (exact) mass is 232 g/mol. The average molecular weight is 232 g/mol. The first kappa shape index (κ1) is 13.5. The molecule has 1 N–H and O–H groups in total. The topological polar surface area (TPSA) is 37.3 Å². The van der Waals surface area contributed by atoms with Gasteiger partial charge in [0.05, 0.1) is 5.92 Å². The molecule has 0 amide bonds. The third-order valence-corrected chi connectivity index (χ3v) is 3.59. The number of carboxylic acid groups (broad SMARTS) is 1. The van der Waals surface area contributed by atoms with Crippen LogP contribution in [-0.2, 0) is 4.79 Å². The molecule has 1 aromatic rings. The zero-order chi connectivity index (χ0) is 13.0. The van der Waals surface area contributed by atoms with E-state index < -0.39 is 11.9 Å². The van der Waals surface area contributed by atoms with Gasteiger partial charge < -0.3 is 5.11 Å². The summed E-state index contributed by atoms with van der Waals surface area (Å²) in [6.07, 6.45) is 0. The molecule has 0 aliphatic carbocycles. The van der Waals surface area contributed by atoms with Crippen molar-refractivity contribution in [2.75, 3.05) is 0 Å². The molecule has 0 spiro atoms. The summed E-state index contributed by atoms with van der Waals surface area (Å²) in [4.78, 5) is 11.0. The van der Waals surface area contributed by atoms with Gasteiger partial charge in [0.25, 0.3) is 0 Å². The molecule has 0 aliphatic rings. The fraction of sp³-hybridized carbons (Fsp3) is 0.400. The van der Waals surface area contributed by atoms with Crippen molar-refractivity contribution in [3.63, 3.8) is 0 Å². The number of allylic oxidation sites excluding steroid dienone is 1. The van der Waals surface area contributed by atoms with Crippen molar-refractivity contribution < 1.29 is 9.90 Å². The summed E-state index contributed by atoms with van der Waals surface area (Å²) in [6, 6.07) is 10.2. The number of benzene rings is 1. The molecule has 1 rings (SSSR count). The number of carbonyl (C=O) groups is 1. The van der Waals surface area contributed by atoms with E-state index in [1.165, 1.54) is 5.56 Å². The molecule has 0 fully saturated rings. The van der Waals surface area contributed by atoms with Gasteiger partial charge >= 0.3 is 5.97 Å². The molecule has 2 heteroatoms. The highest BCUT2D eigenvalue weighted by atomic mass is 16.4. The Bertz CT molecular complexity index is 418. The maximum Gasteiger partial charge on any atom is 0.310 e. The second kappa shape index (κ2) is 5.67. The SMILES string of the molecule is CC(=C(C)C(C)c1ccccc1)C(C)C(=O)O. The van der Waals surface area contributed by atoms with E-state index in [0.29, 0.717) is 0 Å². The Kier molecular flexibility index (Phi) is 4.50. The van der Waals surface area contributed by atoms with Crippen molar-refractivity contribution in [1.29, 1.82) is 0 Å². The maximum absolute atomic E-state index is 11.0. The molecule has 0 saturated heterocycles.